The van der Waals surface area contributed by atoms with Crippen molar-refractivity contribution in [1.29, 1.82) is 0 Å². The SMILES string of the molecule is CCCCCOc1ccc(C2C(C(=O)c3sc(C)nc3C)=C(O)C(=O)N2c2nc3ccc(Cl)cc3s2)cc1. The molecule has 1 aliphatic rings. The van der Waals surface area contributed by atoms with Crippen LogP contribution in [0.15, 0.2) is 53.8 Å². The van der Waals surface area contributed by atoms with Crippen LogP contribution in [0.5, 0.6) is 5.75 Å². The molecule has 0 spiro atoms. The van der Waals surface area contributed by atoms with Crippen molar-refractivity contribution >= 4 is 61.3 Å². The number of aliphatic hydroxyl groups excluding tert-OH is 1. The third-order valence-corrected chi connectivity index (χ3v) is 8.64. The van der Waals surface area contributed by atoms with E-state index in [2.05, 4.69) is 16.9 Å². The number of aryl methyl sites for hydroxylation is 2. The lowest BCUT2D eigenvalue weighted by atomic mass is 9.95. The van der Waals surface area contributed by atoms with Gasteiger partial charge in [0, 0.05) is 5.02 Å². The van der Waals surface area contributed by atoms with E-state index in [9.17, 15) is 14.7 Å². The number of halogens is 1. The predicted molar refractivity (Wildman–Crippen MR) is 152 cm³/mol. The molecule has 3 heterocycles. The number of benzene rings is 2. The molecule has 7 nitrogen and oxygen atoms in total. The number of hydrogen-bond donors (Lipinski definition) is 1. The van der Waals surface area contributed by atoms with Gasteiger partial charge in [0.05, 0.1) is 44.0 Å². The van der Waals surface area contributed by atoms with Gasteiger partial charge in [0.15, 0.2) is 10.9 Å². The largest absolute Gasteiger partial charge is 0.503 e. The summed E-state index contributed by atoms with van der Waals surface area (Å²) in [6, 6.07) is 11.7. The van der Waals surface area contributed by atoms with E-state index in [1.165, 1.54) is 27.6 Å². The zero-order valence-corrected chi connectivity index (χ0v) is 23.5. The maximum Gasteiger partial charge on any atom is 0.296 e. The third kappa shape index (κ3) is 4.93. The Hall–Kier alpha value is -3.27. The Balaban J connectivity index is 1.57. The summed E-state index contributed by atoms with van der Waals surface area (Å²) in [5, 5.41) is 12.7. The molecule has 2 aromatic heterocycles. The van der Waals surface area contributed by atoms with Gasteiger partial charge in [-0.25, -0.2) is 9.97 Å². The van der Waals surface area contributed by atoms with E-state index in [4.69, 9.17) is 16.3 Å². The Kier molecular flexibility index (Phi) is 7.52. The minimum absolute atomic E-state index is 0.00986. The van der Waals surface area contributed by atoms with E-state index >= 15 is 0 Å². The van der Waals surface area contributed by atoms with Crippen molar-refractivity contribution in [3.63, 3.8) is 0 Å². The number of carbonyl (C=O) groups is 2. The number of hydrogen-bond acceptors (Lipinski definition) is 8. The number of anilines is 1. The van der Waals surface area contributed by atoms with Gasteiger partial charge >= 0.3 is 0 Å². The van der Waals surface area contributed by atoms with E-state index in [1.807, 2.05) is 31.2 Å². The number of nitrogens with zero attached hydrogens (tertiary/aromatic N) is 3. The highest BCUT2D eigenvalue weighted by atomic mass is 35.5. The van der Waals surface area contributed by atoms with Crippen molar-refractivity contribution in [3.05, 3.63) is 80.0 Å². The van der Waals surface area contributed by atoms with Gasteiger partial charge in [-0.15, -0.1) is 11.3 Å². The summed E-state index contributed by atoms with van der Waals surface area (Å²) < 4.78 is 6.65. The summed E-state index contributed by atoms with van der Waals surface area (Å²) >= 11 is 8.69. The molecule has 4 aromatic rings. The molecule has 1 unspecified atom stereocenters. The van der Waals surface area contributed by atoms with Crippen molar-refractivity contribution in [2.24, 2.45) is 0 Å². The molecule has 0 aliphatic carbocycles. The van der Waals surface area contributed by atoms with Crippen LogP contribution >= 0.6 is 34.3 Å². The molecule has 0 saturated carbocycles. The Bertz CT molecular complexity index is 1560. The molecule has 2 aromatic carbocycles. The molecule has 0 bridgehead atoms. The fourth-order valence-electron chi connectivity index (χ4n) is 4.49. The third-order valence-electron chi connectivity index (χ3n) is 6.32. The number of Topliss-reactive ketones (excluding diaryl/α,β-unsaturated/α-hetero) is 1. The fraction of sp³-hybridized carbons (Fsp3) is 0.286. The number of aliphatic hydroxyl groups is 1. The molecule has 1 amide bonds. The fourth-order valence-corrected chi connectivity index (χ4v) is 6.63. The lowest BCUT2D eigenvalue weighted by Gasteiger charge is -2.24. The quantitative estimate of drug-likeness (QED) is 0.168. The van der Waals surface area contributed by atoms with Crippen LogP contribution in [-0.2, 0) is 4.79 Å². The highest BCUT2D eigenvalue weighted by molar-refractivity contribution is 7.22. The lowest BCUT2D eigenvalue weighted by Crippen LogP contribution is -2.31. The number of ketones is 1. The van der Waals surface area contributed by atoms with Crippen molar-refractivity contribution in [2.45, 2.75) is 46.1 Å². The van der Waals surface area contributed by atoms with Gasteiger partial charge in [-0.2, -0.15) is 0 Å². The summed E-state index contributed by atoms with van der Waals surface area (Å²) in [6.07, 6.45) is 3.17. The highest BCUT2D eigenvalue weighted by Crippen LogP contribution is 2.45. The number of amides is 1. The number of aromatic nitrogens is 2. The predicted octanol–water partition coefficient (Wildman–Crippen LogP) is 7.37. The second kappa shape index (κ2) is 10.8. The molecular weight excluding hydrogens is 542 g/mol. The maximum absolute atomic E-state index is 13.8. The monoisotopic (exact) mass is 567 g/mol. The highest BCUT2D eigenvalue weighted by Gasteiger charge is 2.46. The minimum atomic E-state index is -0.873. The van der Waals surface area contributed by atoms with E-state index in [1.54, 1.807) is 25.1 Å². The number of unbranched alkanes of at least 4 members (excludes halogenated alkanes) is 2. The van der Waals surface area contributed by atoms with Gasteiger partial charge in [-0.1, -0.05) is 54.8 Å². The zero-order chi connectivity index (χ0) is 27.0. The van der Waals surface area contributed by atoms with Crippen LogP contribution in [0.3, 0.4) is 0 Å². The van der Waals surface area contributed by atoms with Gasteiger partial charge < -0.3 is 9.84 Å². The number of thiazole rings is 2. The van der Waals surface area contributed by atoms with Crippen LogP contribution in [0.4, 0.5) is 5.13 Å². The Morgan fingerprint density at radius 2 is 1.87 bits per heavy atom. The molecule has 1 N–H and O–H groups in total. The van der Waals surface area contributed by atoms with E-state index in [-0.39, 0.29) is 5.57 Å². The molecule has 10 heteroatoms. The second-order valence-electron chi connectivity index (χ2n) is 9.05. The average Bonchev–Trinajstić information content (AvgIpc) is 3.54. The topological polar surface area (TPSA) is 92.6 Å². The first-order valence-electron chi connectivity index (χ1n) is 12.3. The first kappa shape index (κ1) is 26.3. The molecule has 38 heavy (non-hydrogen) atoms. The maximum atomic E-state index is 13.8. The first-order valence-corrected chi connectivity index (χ1v) is 14.3. The standard InChI is InChI=1S/C28H26ClN3O4S2/c1-4-5-6-13-36-19-10-7-17(8-11-19)23-22(24(33)26-15(2)30-16(3)37-26)25(34)27(35)32(23)28-31-20-12-9-18(29)14-21(20)38-28/h7-12,14,23,34H,4-6,13H2,1-3H3. The number of ether oxygens (including phenoxy) is 1. The van der Waals surface area contributed by atoms with E-state index < -0.39 is 23.5 Å². The molecule has 0 radical (unpaired) electrons. The molecule has 0 fully saturated rings. The summed E-state index contributed by atoms with van der Waals surface area (Å²) in [7, 11) is 0. The van der Waals surface area contributed by atoms with E-state index in [0.29, 0.717) is 44.2 Å². The van der Waals surface area contributed by atoms with Crippen LogP contribution in [0.25, 0.3) is 10.2 Å². The van der Waals surface area contributed by atoms with Gasteiger partial charge in [0.2, 0.25) is 5.78 Å². The summed E-state index contributed by atoms with van der Waals surface area (Å²) in [4.78, 5) is 38.1. The first-order chi connectivity index (χ1) is 18.3. The summed E-state index contributed by atoms with van der Waals surface area (Å²) in [5.74, 6) is -0.981. The average molecular weight is 568 g/mol. The molecule has 5 rings (SSSR count). The lowest BCUT2D eigenvalue weighted by molar-refractivity contribution is -0.117. The minimum Gasteiger partial charge on any atom is -0.503 e. The van der Waals surface area contributed by atoms with Crippen LogP contribution in [-0.4, -0.2) is 33.4 Å². The van der Waals surface area contributed by atoms with Gasteiger partial charge in [0.25, 0.3) is 5.91 Å². The van der Waals surface area contributed by atoms with Crippen molar-refractivity contribution in [1.82, 2.24) is 9.97 Å². The van der Waals surface area contributed by atoms with E-state index in [0.717, 1.165) is 29.0 Å². The summed E-state index contributed by atoms with van der Waals surface area (Å²) in [6.45, 7) is 6.32. The normalized spacial score (nSPS) is 15.6. The Labute approximate surface area is 233 Å². The van der Waals surface area contributed by atoms with Crippen LogP contribution in [0, 0.1) is 13.8 Å². The number of fused-ring (bicyclic) bond motifs is 1. The molecule has 1 aliphatic heterocycles. The zero-order valence-electron chi connectivity index (χ0n) is 21.2. The number of rotatable bonds is 9. The van der Waals surface area contributed by atoms with Gasteiger partial charge in [0.1, 0.15) is 5.75 Å². The smallest absolute Gasteiger partial charge is 0.296 e. The van der Waals surface area contributed by atoms with Crippen LogP contribution < -0.4 is 9.64 Å². The van der Waals surface area contributed by atoms with Crippen LogP contribution in [0.1, 0.15) is 58.2 Å². The summed E-state index contributed by atoms with van der Waals surface area (Å²) in [5.41, 5.74) is 1.90. The molecule has 196 valence electrons. The molecule has 0 saturated heterocycles. The van der Waals surface area contributed by atoms with Gasteiger partial charge in [-0.3, -0.25) is 14.5 Å². The van der Waals surface area contributed by atoms with Crippen LogP contribution in [0.2, 0.25) is 5.02 Å². The van der Waals surface area contributed by atoms with Gasteiger partial charge in [-0.05, 0) is 56.2 Å². The molecule has 1 atom stereocenters. The van der Waals surface area contributed by atoms with Crippen molar-refractivity contribution in [2.75, 3.05) is 11.5 Å². The Morgan fingerprint density at radius 1 is 1.11 bits per heavy atom. The molecular formula is C28H26ClN3O4S2. The van der Waals surface area contributed by atoms with Crippen molar-refractivity contribution in [3.8, 4) is 5.75 Å². The second-order valence-corrected chi connectivity index (χ2v) is 11.7. The van der Waals surface area contributed by atoms with Crippen molar-refractivity contribution < 1.29 is 19.4 Å². The number of carbonyl (C=O) groups excluding carboxylic acids is 2. The Morgan fingerprint density at radius 3 is 2.55 bits per heavy atom.